The molecule has 1 saturated carbocycles. The molecule has 1 aliphatic rings. The minimum absolute atomic E-state index is 0.307. The van der Waals surface area contributed by atoms with Crippen molar-refractivity contribution in [1.29, 1.82) is 0 Å². The molecular weight excluding hydrogens is 414 g/mol. The maximum atomic E-state index is 14.9. The summed E-state index contributed by atoms with van der Waals surface area (Å²) in [5, 5.41) is 0. The summed E-state index contributed by atoms with van der Waals surface area (Å²) in [6.45, 7) is 4.83. The van der Waals surface area contributed by atoms with Gasteiger partial charge >= 0.3 is 0 Å². The van der Waals surface area contributed by atoms with Crippen LogP contribution in [0, 0.1) is 23.5 Å². The summed E-state index contributed by atoms with van der Waals surface area (Å²) in [6, 6.07) is 10.7. The van der Waals surface area contributed by atoms with Crippen LogP contribution in [0.25, 0.3) is 11.1 Å². The summed E-state index contributed by atoms with van der Waals surface area (Å²) in [5.74, 6) is 0.815. The van der Waals surface area contributed by atoms with E-state index in [2.05, 4.69) is 13.8 Å². The van der Waals surface area contributed by atoms with E-state index in [0.717, 1.165) is 24.5 Å². The Morgan fingerprint density at radius 3 is 2.18 bits per heavy atom. The minimum Gasteiger partial charge on any atom is -0.490 e. The van der Waals surface area contributed by atoms with Crippen LogP contribution >= 0.6 is 0 Å². The first kappa shape index (κ1) is 25.5. The number of rotatable bonds is 12. The quantitative estimate of drug-likeness (QED) is 0.229. The first-order chi connectivity index (χ1) is 16.1. The predicted octanol–water partition coefficient (Wildman–Crippen LogP) is 9.30. The minimum atomic E-state index is -0.744. The lowest BCUT2D eigenvalue weighted by Crippen LogP contribution is -2.15. The summed E-state index contributed by atoms with van der Waals surface area (Å²) in [5.41, 5.74) is 1.47. The second kappa shape index (κ2) is 13.5. The van der Waals surface area contributed by atoms with E-state index in [0.29, 0.717) is 35.6 Å². The molecule has 180 valence electrons. The lowest BCUT2D eigenvalue weighted by atomic mass is 9.77. The van der Waals surface area contributed by atoms with E-state index in [1.165, 1.54) is 51.4 Å². The molecule has 1 nitrogen and oxygen atoms in total. The largest absolute Gasteiger partial charge is 0.490 e. The van der Waals surface area contributed by atoms with Crippen molar-refractivity contribution in [2.75, 3.05) is 6.61 Å². The van der Waals surface area contributed by atoms with Gasteiger partial charge in [0, 0.05) is 5.56 Å². The van der Waals surface area contributed by atoms with Crippen LogP contribution in [0.3, 0.4) is 0 Å². The zero-order chi connectivity index (χ0) is 23.5. The number of aryl methyl sites for hydroxylation is 1. The molecule has 2 aromatic carbocycles. The van der Waals surface area contributed by atoms with Crippen LogP contribution in [0.1, 0.15) is 83.6 Å². The summed E-state index contributed by atoms with van der Waals surface area (Å²) < 4.78 is 35.4. The fourth-order valence-electron chi connectivity index (χ4n) is 4.97. The molecule has 0 radical (unpaired) electrons. The number of hydrogen-bond acceptors (Lipinski definition) is 1. The van der Waals surface area contributed by atoms with Crippen molar-refractivity contribution in [3.63, 3.8) is 0 Å². The zero-order valence-corrected chi connectivity index (χ0v) is 20.4. The molecule has 1 fully saturated rings. The number of benzene rings is 2. The van der Waals surface area contributed by atoms with Gasteiger partial charge < -0.3 is 4.74 Å². The van der Waals surface area contributed by atoms with Gasteiger partial charge in [0.1, 0.15) is 12.4 Å². The average Bonchev–Trinajstić information content (AvgIpc) is 2.84. The van der Waals surface area contributed by atoms with Gasteiger partial charge in [-0.2, -0.15) is 0 Å². The Labute approximate surface area is 199 Å². The number of ether oxygens (including phenoxy) is 1. The first-order valence-corrected chi connectivity index (χ1v) is 13.0. The Kier molecular flexibility index (Phi) is 10.4. The van der Waals surface area contributed by atoms with Gasteiger partial charge in [-0.1, -0.05) is 102 Å². The Morgan fingerprint density at radius 1 is 0.818 bits per heavy atom. The lowest BCUT2D eigenvalue weighted by molar-refractivity contribution is 0.248. The Morgan fingerprint density at radius 2 is 1.52 bits per heavy atom. The fourth-order valence-corrected chi connectivity index (χ4v) is 4.97. The van der Waals surface area contributed by atoms with Crippen LogP contribution in [-0.2, 0) is 6.42 Å². The molecule has 0 aromatic heterocycles. The molecular formula is C30H40F2O. The Hall–Kier alpha value is -2.16. The van der Waals surface area contributed by atoms with E-state index in [1.54, 1.807) is 36.4 Å². The molecule has 0 spiro atoms. The van der Waals surface area contributed by atoms with Gasteiger partial charge in [-0.25, -0.2) is 8.78 Å². The highest BCUT2D eigenvalue weighted by molar-refractivity contribution is 5.65. The smallest absolute Gasteiger partial charge is 0.166 e. The first-order valence-electron chi connectivity index (χ1n) is 13.0. The second-order valence-electron chi connectivity index (χ2n) is 9.54. The summed E-state index contributed by atoms with van der Waals surface area (Å²) in [7, 11) is 0. The van der Waals surface area contributed by atoms with Gasteiger partial charge in [-0.15, -0.1) is 0 Å². The number of hydrogen-bond donors (Lipinski definition) is 0. The van der Waals surface area contributed by atoms with Crippen molar-refractivity contribution in [3.05, 3.63) is 65.7 Å². The number of halogens is 2. The third-order valence-corrected chi connectivity index (χ3v) is 7.08. The van der Waals surface area contributed by atoms with Gasteiger partial charge in [0.25, 0.3) is 0 Å². The summed E-state index contributed by atoms with van der Waals surface area (Å²) in [6.07, 6.45) is 17.0. The molecule has 0 unspecified atom stereocenters. The van der Waals surface area contributed by atoms with E-state index in [-0.39, 0.29) is 0 Å². The highest BCUT2D eigenvalue weighted by Gasteiger charge is 2.22. The molecule has 0 N–H and O–H groups in total. The topological polar surface area (TPSA) is 9.23 Å². The second-order valence-corrected chi connectivity index (χ2v) is 9.54. The third-order valence-electron chi connectivity index (χ3n) is 7.08. The van der Waals surface area contributed by atoms with Crippen molar-refractivity contribution in [1.82, 2.24) is 0 Å². The molecule has 33 heavy (non-hydrogen) atoms. The van der Waals surface area contributed by atoms with Crippen LogP contribution in [0.15, 0.2) is 48.6 Å². The summed E-state index contributed by atoms with van der Waals surface area (Å²) in [4.78, 5) is 0. The lowest BCUT2D eigenvalue weighted by Gasteiger charge is -2.28. The normalized spacial score (nSPS) is 18.7. The van der Waals surface area contributed by atoms with E-state index in [4.69, 9.17) is 4.74 Å². The molecule has 0 atom stereocenters. The fraction of sp³-hybridized carbons (Fsp3) is 0.533. The van der Waals surface area contributed by atoms with Crippen LogP contribution in [0.2, 0.25) is 0 Å². The predicted molar refractivity (Wildman–Crippen MR) is 135 cm³/mol. The Bertz CT molecular complexity index is 864. The van der Waals surface area contributed by atoms with Gasteiger partial charge in [-0.05, 0) is 54.4 Å². The van der Waals surface area contributed by atoms with Gasteiger partial charge in [-0.3, -0.25) is 0 Å². The molecule has 0 saturated heterocycles. The molecule has 3 rings (SSSR count). The number of allylic oxidation sites excluding steroid dienone is 1. The zero-order valence-electron chi connectivity index (χ0n) is 20.4. The molecule has 0 heterocycles. The SMILES string of the molecule is CC/C=C/COc1ccc(-c2ccc(CCC3CCC(CCCCC)CC3)c(F)c2F)cc1. The number of unbranched alkanes of at least 4 members (excludes halogenated alkanes) is 2. The Balaban J connectivity index is 1.52. The van der Waals surface area contributed by atoms with Crippen molar-refractivity contribution in [3.8, 4) is 16.9 Å². The molecule has 2 aromatic rings. The highest BCUT2D eigenvalue weighted by atomic mass is 19.2. The molecule has 3 heteroatoms. The van der Waals surface area contributed by atoms with Gasteiger partial charge in [0.2, 0.25) is 0 Å². The van der Waals surface area contributed by atoms with Crippen LogP contribution in [0.4, 0.5) is 8.78 Å². The van der Waals surface area contributed by atoms with Crippen molar-refractivity contribution < 1.29 is 13.5 Å². The van der Waals surface area contributed by atoms with Gasteiger partial charge in [0.15, 0.2) is 11.6 Å². The van der Waals surface area contributed by atoms with Crippen LogP contribution < -0.4 is 4.74 Å². The maximum absolute atomic E-state index is 14.9. The van der Waals surface area contributed by atoms with Crippen LogP contribution in [-0.4, -0.2) is 6.61 Å². The van der Waals surface area contributed by atoms with Crippen LogP contribution in [0.5, 0.6) is 5.75 Å². The van der Waals surface area contributed by atoms with Crippen molar-refractivity contribution >= 4 is 0 Å². The molecule has 0 aliphatic heterocycles. The third kappa shape index (κ3) is 7.69. The summed E-state index contributed by atoms with van der Waals surface area (Å²) >= 11 is 0. The standard InChI is InChI=1S/C30H40F2O/c1-3-5-7-9-23-10-12-24(13-11-23)14-15-26-18-21-28(30(32)29(26)31)25-16-19-27(20-17-25)33-22-8-6-4-2/h6,8,16-21,23-24H,3-5,7,9-15,22H2,1-2H3/b8-6+. The van der Waals surface area contributed by atoms with Gasteiger partial charge in [0.05, 0.1) is 0 Å². The highest BCUT2D eigenvalue weighted by Crippen LogP contribution is 2.35. The molecule has 0 bridgehead atoms. The maximum Gasteiger partial charge on any atom is 0.166 e. The molecule has 1 aliphatic carbocycles. The molecule has 0 amide bonds. The average molecular weight is 455 g/mol. The monoisotopic (exact) mass is 454 g/mol. The van der Waals surface area contributed by atoms with E-state index >= 15 is 0 Å². The van der Waals surface area contributed by atoms with E-state index in [9.17, 15) is 8.78 Å². The van der Waals surface area contributed by atoms with E-state index in [1.807, 2.05) is 12.2 Å². The van der Waals surface area contributed by atoms with Crippen molar-refractivity contribution in [2.45, 2.75) is 84.5 Å². The van der Waals surface area contributed by atoms with Crippen molar-refractivity contribution in [2.24, 2.45) is 11.8 Å². The van der Waals surface area contributed by atoms with E-state index < -0.39 is 11.6 Å².